The van der Waals surface area contributed by atoms with Crippen LogP contribution in [0.5, 0.6) is 17.2 Å². The van der Waals surface area contributed by atoms with Gasteiger partial charge in [0.15, 0.2) is 25.4 Å². The van der Waals surface area contributed by atoms with Gasteiger partial charge in [-0.15, -0.1) is 20.5 Å². The molecule has 0 heterocycles. The number of methoxy groups -OCH3 is 1. The van der Waals surface area contributed by atoms with E-state index >= 15 is 0 Å². The van der Waals surface area contributed by atoms with E-state index in [0.717, 1.165) is 24.3 Å². The van der Waals surface area contributed by atoms with Gasteiger partial charge in [-0.2, -0.15) is 16.8 Å². The van der Waals surface area contributed by atoms with Crippen molar-refractivity contribution in [2.75, 3.05) is 29.8 Å². The highest BCUT2D eigenvalue weighted by atomic mass is 32.2. The van der Waals surface area contributed by atoms with E-state index in [1.54, 1.807) is 0 Å². The molecule has 0 saturated heterocycles. The first kappa shape index (κ1) is 38.1. The molecular formula is C28H29N5O13S4. The zero-order valence-corrected chi connectivity index (χ0v) is 29.5. The van der Waals surface area contributed by atoms with Crippen molar-refractivity contribution in [3.63, 3.8) is 0 Å². The summed E-state index contributed by atoms with van der Waals surface area (Å²) in [6.45, 7) is 2.75. The lowest BCUT2D eigenvalue weighted by Crippen LogP contribution is -2.13. The summed E-state index contributed by atoms with van der Waals surface area (Å²) in [5.41, 5.74) is -1.15. The highest BCUT2D eigenvalue weighted by Crippen LogP contribution is 2.44. The fraction of sp³-hybridized carbons (Fsp3) is 0.214. The maximum absolute atomic E-state index is 12.4. The quantitative estimate of drug-likeness (QED) is 0.0865. The van der Waals surface area contributed by atoms with Crippen LogP contribution in [0.25, 0.3) is 10.8 Å². The lowest BCUT2D eigenvalue weighted by atomic mass is 10.1. The van der Waals surface area contributed by atoms with Gasteiger partial charge in [0.05, 0.1) is 29.2 Å². The predicted molar refractivity (Wildman–Crippen MR) is 180 cm³/mol. The van der Waals surface area contributed by atoms with Crippen LogP contribution in [0.15, 0.2) is 89.7 Å². The van der Waals surface area contributed by atoms with Gasteiger partial charge in [0.2, 0.25) is 0 Å². The van der Waals surface area contributed by atoms with Crippen LogP contribution < -0.4 is 10.1 Å². The molecule has 0 aliphatic rings. The van der Waals surface area contributed by atoms with Crippen molar-refractivity contribution < 1.29 is 57.7 Å². The number of hydrogen-bond donors (Lipinski definition) is 5. The molecule has 22 heteroatoms. The minimum Gasteiger partial charge on any atom is -0.506 e. The van der Waals surface area contributed by atoms with Gasteiger partial charge in [-0.1, -0.05) is 13.8 Å². The number of nitrogens with one attached hydrogen (secondary N) is 1. The Bertz CT molecular complexity index is 2500. The van der Waals surface area contributed by atoms with Crippen molar-refractivity contribution in [3.8, 4) is 17.2 Å². The van der Waals surface area contributed by atoms with Gasteiger partial charge in [-0.25, -0.2) is 16.8 Å². The van der Waals surface area contributed by atoms with Gasteiger partial charge in [0, 0.05) is 22.9 Å². The molecule has 0 unspecified atom stereocenters. The van der Waals surface area contributed by atoms with Crippen molar-refractivity contribution in [3.05, 3.63) is 54.6 Å². The van der Waals surface area contributed by atoms with E-state index < -0.39 is 72.8 Å². The van der Waals surface area contributed by atoms with E-state index in [2.05, 4.69) is 25.8 Å². The molecule has 0 aliphatic heterocycles. The Hall–Kier alpha value is -4.74. The first-order chi connectivity index (χ1) is 23.2. The summed E-state index contributed by atoms with van der Waals surface area (Å²) < 4.78 is 121. The molecule has 0 amide bonds. The van der Waals surface area contributed by atoms with Crippen LogP contribution >= 0.6 is 0 Å². The summed E-state index contributed by atoms with van der Waals surface area (Å²) in [4.78, 5) is -1.57. The number of hydrogen-bond acceptors (Lipinski definition) is 16. The van der Waals surface area contributed by atoms with Crippen molar-refractivity contribution in [2.24, 2.45) is 20.5 Å². The van der Waals surface area contributed by atoms with E-state index in [1.807, 2.05) is 0 Å². The van der Waals surface area contributed by atoms with E-state index in [4.69, 9.17) is 4.74 Å². The lowest BCUT2D eigenvalue weighted by Gasteiger charge is -2.12. The number of aromatic hydroxyl groups is 2. The molecule has 0 radical (unpaired) electrons. The smallest absolute Gasteiger partial charge is 0.296 e. The van der Waals surface area contributed by atoms with E-state index in [9.17, 15) is 53.0 Å². The molecule has 0 saturated carbocycles. The van der Waals surface area contributed by atoms with Crippen LogP contribution in [-0.2, 0) is 39.9 Å². The molecule has 5 N–H and O–H groups in total. The van der Waals surface area contributed by atoms with Crippen molar-refractivity contribution in [1.82, 2.24) is 0 Å². The second kappa shape index (κ2) is 14.2. The molecule has 0 aliphatic carbocycles. The number of anilines is 1. The van der Waals surface area contributed by atoms with Gasteiger partial charge >= 0.3 is 0 Å². The number of phenols is 2. The van der Waals surface area contributed by atoms with Crippen molar-refractivity contribution in [2.45, 2.75) is 28.5 Å². The fourth-order valence-corrected chi connectivity index (χ4v) is 7.41. The Morgan fingerprint density at radius 3 is 1.88 bits per heavy atom. The van der Waals surface area contributed by atoms with E-state index in [-0.39, 0.29) is 55.7 Å². The molecule has 0 atom stereocenters. The third kappa shape index (κ3) is 8.34. The summed E-state index contributed by atoms with van der Waals surface area (Å²) >= 11 is 0. The molecule has 0 spiro atoms. The lowest BCUT2D eigenvalue weighted by molar-refractivity contribution is 0.399. The third-order valence-corrected chi connectivity index (χ3v) is 11.9. The van der Waals surface area contributed by atoms with Gasteiger partial charge in [-0.3, -0.25) is 9.11 Å². The number of fused-ring (bicyclic) bond motifs is 1. The van der Waals surface area contributed by atoms with Gasteiger partial charge in [-0.05, 0) is 42.5 Å². The zero-order valence-electron chi connectivity index (χ0n) is 26.2. The number of phenolic OH excluding ortho intramolecular Hbond substituents is 2. The Labute approximate surface area is 286 Å². The van der Waals surface area contributed by atoms with Crippen molar-refractivity contribution >= 4 is 79.1 Å². The number of azo groups is 2. The van der Waals surface area contributed by atoms with Gasteiger partial charge in [0.1, 0.15) is 49.9 Å². The zero-order chi connectivity index (χ0) is 37.2. The van der Waals surface area contributed by atoms with Gasteiger partial charge < -0.3 is 20.3 Å². The molecule has 0 aromatic heterocycles. The molecular weight excluding hydrogens is 743 g/mol. The second-order valence-corrected chi connectivity index (χ2v) is 17.6. The number of sulfone groups is 2. The van der Waals surface area contributed by atoms with Crippen LogP contribution in [0.4, 0.5) is 28.4 Å². The monoisotopic (exact) mass is 771 g/mol. The van der Waals surface area contributed by atoms with E-state index in [1.165, 1.54) is 45.2 Å². The molecule has 18 nitrogen and oxygen atoms in total. The molecule has 50 heavy (non-hydrogen) atoms. The Morgan fingerprint density at radius 1 is 0.680 bits per heavy atom. The summed E-state index contributed by atoms with van der Waals surface area (Å²) in [6.07, 6.45) is 0. The molecule has 4 rings (SSSR count). The maximum atomic E-state index is 12.4. The molecule has 4 aromatic carbocycles. The van der Waals surface area contributed by atoms with Crippen molar-refractivity contribution in [1.29, 1.82) is 0 Å². The number of ether oxygens (including phenoxy) is 1. The number of rotatable bonds is 13. The average Bonchev–Trinajstić information content (AvgIpc) is 3.05. The fourth-order valence-electron chi connectivity index (χ4n) is 4.39. The highest BCUT2D eigenvalue weighted by molar-refractivity contribution is 7.91. The first-order valence-electron chi connectivity index (χ1n) is 14.0. The summed E-state index contributed by atoms with van der Waals surface area (Å²) in [6, 6.07) is 9.96. The molecule has 0 fully saturated rings. The van der Waals surface area contributed by atoms with Crippen LogP contribution in [-0.4, -0.2) is 77.5 Å². The second-order valence-electron chi connectivity index (χ2n) is 10.2. The highest BCUT2D eigenvalue weighted by Gasteiger charge is 2.23. The Morgan fingerprint density at radius 2 is 1.28 bits per heavy atom. The summed E-state index contributed by atoms with van der Waals surface area (Å²) in [5, 5.41) is 39.8. The molecule has 0 bridgehead atoms. The standard InChI is InChI=1S/C28H29N5O13S4/c1-4-47(36,37)16-6-9-19(25(12-16)50(43,44)45)30-33-27-17-7-11-21(28(35)18(17)8-10-20(27)29-15-49(40,41)42)31-32-22-13-24(46-3)26(14-23(22)34)48(38,39)5-2/h6-14,29,34-35H,4-5,15H2,1-3H3,(H,40,41,42)(H,43,44,45)/b32-31+,33-30+. The van der Waals surface area contributed by atoms with Gasteiger partial charge in [0.25, 0.3) is 20.2 Å². The number of benzene rings is 4. The van der Waals surface area contributed by atoms with Crippen LogP contribution in [0.3, 0.4) is 0 Å². The number of nitrogens with zero attached hydrogens (tertiary/aromatic N) is 4. The van der Waals surface area contributed by atoms with Crippen LogP contribution in [0, 0.1) is 0 Å². The normalized spacial score (nSPS) is 13.0. The summed E-state index contributed by atoms with van der Waals surface area (Å²) in [7, 11) is -16.0. The summed E-state index contributed by atoms with van der Waals surface area (Å²) in [5.74, 6) is -2.80. The van der Waals surface area contributed by atoms with E-state index in [0.29, 0.717) is 6.07 Å². The van der Waals surface area contributed by atoms with Crippen LogP contribution in [0.1, 0.15) is 13.8 Å². The average molecular weight is 772 g/mol. The Kier molecular flexibility index (Phi) is 10.8. The molecule has 268 valence electrons. The Balaban J connectivity index is 1.86. The third-order valence-electron chi connectivity index (χ3n) is 7.02. The topological polar surface area (TPSA) is 288 Å². The largest absolute Gasteiger partial charge is 0.506 e. The first-order valence-corrected chi connectivity index (χ1v) is 20.4. The minimum absolute atomic E-state index is 0.0263. The SMILES string of the molecule is CCS(=O)(=O)c1ccc(/N=N/c2c(NCS(=O)(=O)O)ccc3c(O)c(/N=N/c4cc(OC)c(S(=O)(=O)CC)cc4O)ccc23)c(S(=O)(=O)O)c1. The maximum Gasteiger partial charge on any atom is 0.296 e. The molecule has 4 aromatic rings. The predicted octanol–water partition coefficient (Wildman–Crippen LogP) is 5.18. The van der Waals surface area contributed by atoms with Crippen LogP contribution in [0.2, 0.25) is 0 Å². The minimum atomic E-state index is -5.04.